The maximum Gasteiger partial charge on any atom is 0.238 e. The van der Waals surface area contributed by atoms with Crippen LogP contribution in [0.5, 0.6) is 0 Å². The number of nitrogens with one attached hydrogen (secondary N) is 2. The van der Waals surface area contributed by atoms with Crippen LogP contribution in [0.1, 0.15) is 18.5 Å². The molecule has 2 amide bonds. The Kier molecular flexibility index (Phi) is 7.63. The Labute approximate surface area is 176 Å². The molecule has 154 valence electrons. The van der Waals surface area contributed by atoms with Crippen molar-refractivity contribution in [2.24, 2.45) is 0 Å². The van der Waals surface area contributed by atoms with Crippen LogP contribution >= 0.6 is 11.6 Å². The second-order valence-corrected chi connectivity index (χ2v) is 7.69. The van der Waals surface area contributed by atoms with Gasteiger partial charge in [-0.3, -0.25) is 19.4 Å². The molecule has 3 rings (SSSR count). The molecule has 7 heteroatoms. The molecule has 1 aliphatic rings. The molecular weight excluding hydrogens is 388 g/mol. The van der Waals surface area contributed by atoms with Crippen LogP contribution in [-0.4, -0.2) is 60.9 Å². The summed E-state index contributed by atoms with van der Waals surface area (Å²) in [5, 5.41) is 6.43. The van der Waals surface area contributed by atoms with Crippen molar-refractivity contribution in [2.75, 3.05) is 44.6 Å². The van der Waals surface area contributed by atoms with E-state index in [1.54, 1.807) is 12.1 Å². The molecule has 0 bridgehead atoms. The lowest BCUT2D eigenvalue weighted by molar-refractivity contribution is -0.124. The fourth-order valence-electron chi connectivity index (χ4n) is 3.38. The summed E-state index contributed by atoms with van der Waals surface area (Å²) >= 11 is 6.08. The number of halogens is 1. The smallest absolute Gasteiger partial charge is 0.238 e. The highest BCUT2D eigenvalue weighted by Gasteiger charge is 2.21. The van der Waals surface area contributed by atoms with Crippen molar-refractivity contribution in [3.05, 3.63) is 65.2 Å². The Morgan fingerprint density at radius 1 is 0.897 bits per heavy atom. The molecule has 1 heterocycles. The monoisotopic (exact) mass is 414 g/mol. The van der Waals surface area contributed by atoms with Crippen molar-refractivity contribution in [1.82, 2.24) is 15.1 Å². The minimum atomic E-state index is -0.0824. The number of carbonyl (C=O) groups is 2. The van der Waals surface area contributed by atoms with Gasteiger partial charge in [0.25, 0.3) is 0 Å². The maximum atomic E-state index is 12.3. The summed E-state index contributed by atoms with van der Waals surface area (Å²) in [4.78, 5) is 28.8. The summed E-state index contributed by atoms with van der Waals surface area (Å²) in [6.07, 6.45) is 0. The van der Waals surface area contributed by atoms with E-state index < -0.39 is 0 Å². The van der Waals surface area contributed by atoms with Crippen LogP contribution in [0.4, 0.5) is 5.69 Å². The highest BCUT2D eigenvalue weighted by Crippen LogP contribution is 2.20. The first-order chi connectivity index (χ1) is 14.0. The van der Waals surface area contributed by atoms with E-state index in [4.69, 9.17) is 11.6 Å². The van der Waals surface area contributed by atoms with Gasteiger partial charge in [-0.2, -0.15) is 0 Å². The van der Waals surface area contributed by atoms with E-state index in [1.807, 2.05) is 49.4 Å². The van der Waals surface area contributed by atoms with Crippen molar-refractivity contribution >= 4 is 29.1 Å². The number of hydrogen-bond acceptors (Lipinski definition) is 4. The van der Waals surface area contributed by atoms with E-state index in [0.717, 1.165) is 31.7 Å². The van der Waals surface area contributed by atoms with Crippen molar-refractivity contribution in [1.29, 1.82) is 0 Å². The lowest BCUT2D eigenvalue weighted by Crippen LogP contribution is -2.51. The largest absolute Gasteiger partial charge is 0.348 e. The number of hydrogen-bond donors (Lipinski definition) is 2. The Morgan fingerprint density at radius 2 is 1.45 bits per heavy atom. The molecule has 29 heavy (non-hydrogen) atoms. The van der Waals surface area contributed by atoms with Gasteiger partial charge in [-0.1, -0.05) is 54.1 Å². The van der Waals surface area contributed by atoms with Crippen LogP contribution in [0.2, 0.25) is 5.02 Å². The van der Waals surface area contributed by atoms with Gasteiger partial charge in [0.1, 0.15) is 0 Å². The number of carbonyl (C=O) groups excluding carboxylic acids is 2. The van der Waals surface area contributed by atoms with Crippen LogP contribution in [0.3, 0.4) is 0 Å². The third-order valence-electron chi connectivity index (χ3n) is 5.02. The maximum absolute atomic E-state index is 12.3. The van der Waals surface area contributed by atoms with Gasteiger partial charge >= 0.3 is 0 Å². The molecule has 2 aromatic rings. The number of amides is 2. The Balaban J connectivity index is 1.38. The van der Waals surface area contributed by atoms with Crippen molar-refractivity contribution in [3.8, 4) is 0 Å². The Hall–Kier alpha value is -2.41. The number of para-hydroxylation sites is 1. The highest BCUT2D eigenvalue weighted by atomic mass is 35.5. The fourth-order valence-corrected chi connectivity index (χ4v) is 3.56. The predicted octanol–water partition coefficient (Wildman–Crippen LogP) is 2.77. The van der Waals surface area contributed by atoms with E-state index in [1.165, 1.54) is 0 Å². The average molecular weight is 415 g/mol. The van der Waals surface area contributed by atoms with E-state index >= 15 is 0 Å². The number of piperazine rings is 1. The quantitative estimate of drug-likeness (QED) is 0.731. The first kappa shape index (κ1) is 21.3. The minimum Gasteiger partial charge on any atom is -0.348 e. The van der Waals surface area contributed by atoms with Crippen LogP contribution in [-0.2, 0) is 9.59 Å². The van der Waals surface area contributed by atoms with Crippen molar-refractivity contribution < 1.29 is 9.59 Å². The number of anilines is 1. The summed E-state index contributed by atoms with van der Waals surface area (Å²) in [7, 11) is 0. The molecule has 0 aromatic heterocycles. The summed E-state index contributed by atoms with van der Waals surface area (Å²) < 4.78 is 0. The van der Waals surface area contributed by atoms with Crippen LogP contribution in [0.15, 0.2) is 54.6 Å². The van der Waals surface area contributed by atoms with Gasteiger partial charge < -0.3 is 10.6 Å². The van der Waals surface area contributed by atoms with E-state index in [9.17, 15) is 9.59 Å². The van der Waals surface area contributed by atoms with Gasteiger partial charge in [-0.15, -0.1) is 0 Å². The fraction of sp³-hybridized carbons (Fsp3) is 0.364. The van der Waals surface area contributed by atoms with Crippen molar-refractivity contribution in [2.45, 2.75) is 13.0 Å². The second-order valence-electron chi connectivity index (χ2n) is 7.28. The molecule has 0 radical (unpaired) electrons. The van der Waals surface area contributed by atoms with Gasteiger partial charge in [0.2, 0.25) is 11.8 Å². The molecular formula is C22H27ClN4O2. The third-order valence-corrected chi connectivity index (χ3v) is 5.35. The lowest BCUT2D eigenvalue weighted by Gasteiger charge is -2.34. The summed E-state index contributed by atoms with van der Waals surface area (Å²) in [5.41, 5.74) is 1.72. The molecule has 2 N–H and O–H groups in total. The zero-order valence-electron chi connectivity index (χ0n) is 16.6. The molecule has 6 nitrogen and oxygen atoms in total. The predicted molar refractivity (Wildman–Crippen MR) is 116 cm³/mol. The van der Waals surface area contributed by atoms with E-state index in [0.29, 0.717) is 23.8 Å². The average Bonchev–Trinajstić information content (AvgIpc) is 2.72. The first-order valence-electron chi connectivity index (χ1n) is 9.84. The van der Waals surface area contributed by atoms with Gasteiger partial charge in [0.05, 0.1) is 29.8 Å². The van der Waals surface area contributed by atoms with Gasteiger partial charge in [0.15, 0.2) is 0 Å². The number of rotatable bonds is 7. The molecule has 0 saturated carbocycles. The standard InChI is InChI=1S/C22H27ClN4O2/c1-17(18-7-3-2-4-8-18)24-21(28)15-26-11-13-27(14-12-26)16-22(29)25-20-10-6-5-9-19(20)23/h2-10,17H,11-16H2,1H3,(H,24,28)(H,25,29)/t17-/m0/s1. The third kappa shape index (κ3) is 6.56. The SMILES string of the molecule is C[C@H](NC(=O)CN1CCN(CC(=O)Nc2ccccc2Cl)CC1)c1ccccc1. The molecule has 0 spiro atoms. The van der Waals surface area contributed by atoms with E-state index in [2.05, 4.69) is 20.4 Å². The Bertz CT molecular complexity index is 823. The molecule has 1 atom stereocenters. The van der Waals surface area contributed by atoms with Gasteiger partial charge in [-0.25, -0.2) is 0 Å². The molecule has 1 saturated heterocycles. The minimum absolute atomic E-state index is 0.0153. The summed E-state index contributed by atoms with van der Waals surface area (Å²) in [5.74, 6) is -0.0627. The molecule has 0 aliphatic carbocycles. The normalized spacial score (nSPS) is 16.2. The van der Waals surface area contributed by atoms with Gasteiger partial charge in [0, 0.05) is 26.2 Å². The molecule has 0 unspecified atom stereocenters. The van der Waals surface area contributed by atoms with Gasteiger partial charge in [-0.05, 0) is 24.6 Å². The second kappa shape index (κ2) is 10.4. The summed E-state index contributed by atoms with van der Waals surface area (Å²) in [6, 6.07) is 17.1. The molecule has 1 aliphatic heterocycles. The topological polar surface area (TPSA) is 64.7 Å². The first-order valence-corrected chi connectivity index (χ1v) is 10.2. The lowest BCUT2D eigenvalue weighted by atomic mass is 10.1. The summed E-state index contributed by atoms with van der Waals surface area (Å²) in [6.45, 7) is 5.68. The Morgan fingerprint density at radius 3 is 2.07 bits per heavy atom. The molecule has 2 aromatic carbocycles. The van der Waals surface area contributed by atoms with Crippen LogP contribution in [0, 0.1) is 0 Å². The highest BCUT2D eigenvalue weighted by molar-refractivity contribution is 6.33. The van der Waals surface area contributed by atoms with Crippen LogP contribution < -0.4 is 10.6 Å². The van der Waals surface area contributed by atoms with E-state index in [-0.39, 0.29) is 17.9 Å². The van der Waals surface area contributed by atoms with Crippen LogP contribution in [0.25, 0.3) is 0 Å². The zero-order valence-corrected chi connectivity index (χ0v) is 17.4. The zero-order chi connectivity index (χ0) is 20.6. The van der Waals surface area contributed by atoms with Crippen molar-refractivity contribution in [3.63, 3.8) is 0 Å². The number of benzene rings is 2. The number of nitrogens with zero attached hydrogens (tertiary/aromatic N) is 2. The molecule has 1 fully saturated rings.